The number of hydrogen-bond acceptors (Lipinski definition) is 5. The highest BCUT2D eigenvalue weighted by Crippen LogP contribution is 2.27. The molecule has 6 atom stereocenters. The van der Waals surface area contributed by atoms with Crippen LogP contribution >= 0.6 is 0 Å². The summed E-state index contributed by atoms with van der Waals surface area (Å²) in [6, 6.07) is 11.1. The van der Waals surface area contributed by atoms with Gasteiger partial charge in [-0.3, -0.25) is 9.59 Å². The Labute approximate surface area is 254 Å². The highest BCUT2D eigenvalue weighted by Gasteiger charge is 2.40. The van der Waals surface area contributed by atoms with Gasteiger partial charge in [-0.2, -0.15) is 0 Å². The van der Waals surface area contributed by atoms with Crippen LogP contribution in [0.2, 0.25) is 0 Å². The number of nitrogens with zero attached hydrogens (tertiary/aromatic N) is 1. The number of nitrogens with one attached hydrogen (secondary N) is 2. The number of carbonyl (C=O) groups excluding carboxylic acids is 2. The third-order valence-electron chi connectivity index (χ3n) is 8.70. The average Bonchev–Trinajstić information content (AvgIpc) is 3.61. The minimum atomic E-state index is -1.05. The molecule has 0 radical (unpaired) electrons. The highest BCUT2D eigenvalue weighted by atomic mass is 19.1. The maximum absolute atomic E-state index is 14.1. The molecular formula is C34H47F2N3O4. The number of benzene rings is 2. The molecule has 9 heteroatoms. The molecule has 43 heavy (non-hydrogen) atoms. The Morgan fingerprint density at radius 1 is 1.12 bits per heavy atom. The van der Waals surface area contributed by atoms with Crippen LogP contribution in [0.25, 0.3) is 0 Å². The molecule has 2 aromatic rings. The van der Waals surface area contributed by atoms with Gasteiger partial charge in [-0.1, -0.05) is 57.0 Å². The Morgan fingerprint density at radius 3 is 2.56 bits per heavy atom. The molecule has 236 valence electrons. The van der Waals surface area contributed by atoms with Crippen LogP contribution in [-0.2, 0) is 27.2 Å². The Hall–Kier alpha value is -2.88. The fourth-order valence-electron chi connectivity index (χ4n) is 6.37. The first-order valence-electron chi connectivity index (χ1n) is 15.9. The number of amides is 2. The van der Waals surface area contributed by atoms with E-state index in [0.717, 1.165) is 37.3 Å². The topological polar surface area (TPSA) is 90.9 Å². The summed E-state index contributed by atoms with van der Waals surface area (Å²) in [5.41, 5.74) is 1.39. The molecule has 2 aromatic carbocycles. The molecule has 0 saturated carbocycles. The molecule has 2 saturated heterocycles. The molecule has 0 aromatic heterocycles. The summed E-state index contributed by atoms with van der Waals surface area (Å²) in [5.74, 6) is -1.89. The van der Waals surface area contributed by atoms with Gasteiger partial charge in [-0.15, -0.1) is 0 Å². The van der Waals surface area contributed by atoms with E-state index >= 15 is 0 Å². The maximum atomic E-state index is 14.1. The number of likely N-dealkylation sites (tertiary alicyclic amines) is 1. The van der Waals surface area contributed by atoms with Crippen molar-refractivity contribution in [3.8, 4) is 0 Å². The fourth-order valence-corrected chi connectivity index (χ4v) is 6.37. The molecule has 0 bridgehead atoms. The van der Waals surface area contributed by atoms with Crippen molar-refractivity contribution in [1.29, 1.82) is 0 Å². The van der Waals surface area contributed by atoms with Gasteiger partial charge < -0.3 is 25.4 Å². The van der Waals surface area contributed by atoms with Crippen molar-refractivity contribution in [2.24, 2.45) is 5.92 Å². The normalized spacial score (nSPS) is 22.5. The molecule has 2 fully saturated rings. The number of aliphatic hydroxyl groups is 1. The van der Waals surface area contributed by atoms with Gasteiger partial charge in [-0.25, -0.2) is 8.78 Å². The van der Waals surface area contributed by atoms with Crippen LogP contribution in [0.15, 0.2) is 48.5 Å². The molecule has 2 amide bonds. The largest absolute Gasteiger partial charge is 0.389 e. The molecule has 7 nitrogen and oxygen atoms in total. The highest BCUT2D eigenvalue weighted by molar-refractivity contribution is 5.89. The maximum Gasteiger partial charge on any atom is 0.243 e. The Bertz CT molecular complexity index is 1160. The van der Waals surface area contributed by atoms with Gasteiger partial charge in [0.05, 0.1) is 18.2 Å². The number of unbranched alkanes of at least 4 members (excludes halogenated alkanes) is 1. The quantitative estimate of drug-likeness (QED) is 0.264. The first kappa shape index (κ1) is 33.0. The van der Waals surface area contributed by atoms with E-state index in [2.05, 4.69) is 17.6 Å². The lowest BCUT2D eigenvalue weighted by Gasteiger charge is -2.33. The minimum absolute atomic E-state index is 0.000615. The van der Waals surface area contributed by atoms with Crippen molar-refractivity contribution < 1.29 is 28.2 Å². The zero-order valence-electron chi connectivity index (χ0n) is 25.4. The molecule has 0 spiro atoms. The number of ether oxygens (including phenoxy) is 1. The van der Waals surface area contributed by atoms with Gasteiger partial charge in [0.15, 0.2) is 0 Å². The van der Waals surface area contributed by atoms with Crippen LogP contribution < -0.4 is 10.6 Å². The van der Waals surface area contributed by atoms with E-state index in [1.54, 1.807) is 4.90 Å². The third kappa shape index (κ3) is 9.30. The SMILES string of the molecule is CCCCC1CCN([C@@H](CCc2ccccc2)C(=O)N[C@@H](Cc2cc(F)cc(F)c2)[C@H](O)[C@H]2C[C@@H](OCCC)CN2)C1=O. The Balaban J connectivity index is 1.55. The van der Waals surface area contributed by atoms with Crippen LogP contribution in [0, 0.1) is 17.6 Å². The molecule has 2 aliphatic heterocycles. The first-order valence-corrected chi connectivity index (χ1v) is 15.9. The Morgan fingerprint density at radius 2 is 1.86 bits per heavy atom. The third-order valence-corrected chi connectivity index (χ3v) is 8.70. The van der Waals surface area contributed by atoms with Gasteiger partial charge in [0.2, 0.25) is 11.8 Å². The van der Waals surface area contributed by atoms with E-state index in [0.29, 0.717) is 50.9 Å². The summed E-state index contributed by atoms with van der Waals surface area (Å²) >= 11 is 0. The van der Waals surface area contributed by atoms with Crippen LogP contribution in [0.3, 0.4) is 0 Å². The van der Waals surface area contributed by atoms with E-state index in [-0.39, 0.29) is 36.3 Å². The van der Waals surface area contributed by atoms with Gasteiger partial charge in [-0.05, 0) is 68.2 Å². The smallest absolute Gasteiger partial charge is 0.243 e. The van der Waals surface area contributed by atoms with E-state index in [1.807, 2.05) is 37.3 Å². The number of aliphatic hydroxyl groups excluding tert-OH is 1. The number of rotatable bonds is 16. The van der Waals surface area contributed by atoms with E-state index in [1.165, 1.54) is 12.1 Å². The molecule has 3 N–H and O–H groups in total. The molecular weight excluding hydrogens is 552 g/mol. The van der Waals surface area contributed by atoms with Gasteiger partial charge in [0.25, 0.3) is 0 Å². The first-order chi connectivity index (χ1) is 20.8. The van der Waals surface area contributed by atoms with Crippen molar-refractivity contribution in [1.82, 2.24) is 15.5 Å². The predicted molar refractivity (Wildman–Crippen MR) is 162 cm³/mol. The van der Waals surface area contributed by atoms with Gasteiger partial charge >= 0.3 is 0 Å². The summed E-state index contributed by atoms with van der Waals surface area (Å²) in [6.45, 7) is 5.82. The second-order valence-electron chi connectivity index (χ2n) is 12.0. The number of halogens is 2. The van der Waals surface area contributed by atoms with Crippen LogP contribution in [0.1, 0.15) is 69.9 Å². The molecule has 0 aliphatic carbocycles. The standard InChI is InChI=1S/C34H47F2N3O4/c1-3-5-11-25-14-15-39(34(25)42)31(13-12-23-9-7-6-8-10-23)33(41)38-30(19-24-17-26(35)20-27(36)18-24)32(40)29-21-28(22-37-29)43-16-4-2/h6-10,17-18,20,25,28-32,37,40H,3-5,11-16,19,21-22H2,1-2H3,(H,38,41)/t25?,28-,29-,30+,31+,32-/m1/s1. The van der Waals surface area contributed by atoms with E-state index in [9.17, 15) is 23.5 Å². The van der Waals surface area contributed by atoms with Crippen molar-refractivity contribution in [2.75, 3.05) is 19.7 Å². The summed E-state index contributed by atoms with van der Waals surface area (Å²) in [4.78, 5) is 29.2. The summed E-state index contributed by atoms with van der Waals surface area (Å²) in [5, 5.41) is 17.9. The average molecular weight is 600 g/mol. The zero-order chi connectivity index (χ0) is 30.8. The van der Waals surface area contributed by atoms with Crippen LogP contribution in [-0.4, -0.2) is 71.9 Å². The number of aryl methyl sites for hydroxylation is 1. The van der Waals surface area contributed by atoms with E-state index in [4.69, 9.17) is 4.74 Å². The van der Waals surface area contributed by atoms with Crippen molar-refractivity contribution >= 4 is 11.8 Å². The minimum Gasteiger partial charge on any atom is -0.389 e. The van der Waals surface area contributed by atoms with Crippen LogP contribution in [0.5, 0.6) is 0 Å². The summed E-state index contributed by atoms with van der Waals surface area (Å²) in [7, 11) is 0. The molecule has 4 rings (SSSR count). The van der Waals surface area contributed by atoms with Crippen molar-refractivity contribution in [2.45, 2.75) is 102 Å². The van der Waals surface area contributed by atoms with E-state index < -0.39 is 29.8 Å². The molecule has 2 aliphatic rings. The monoisotopic (exact) mass is 599 g/mol. The molecule has 2 heterocycles. The second-order valence-corrected chi connectivity index (χ2v) is 12.0. The number of carbonyl (C=O) groups is 2. The number of hydrogen-bond donors (Lipinski definition) is 3. The lowest BCUT2D eigenvalue weighted by atomic mass is 9.94. The zero-order valence-corrected chi connectivity index (χ0v) is 25.4. The van der Waals surface area contributed by atoms with Gasteiger partial charge in [0.1, 0.15) is 17.7 Å². The summed E-state index contributed by atoms with van der Waals surface area (Å²) < 4.78 is 34.1. The fraction of sp³-hybridized carbons (Fsp3) is 0.588. The van der Waals surface area contributed by atoms with Crippen molar-refractivity contribution in [3.63, 3.8) is 0 Å². The van der Waals surface area contributed by atoms with Crippen molar-refractivity contribution in [3.05, 3.63) is 71.3 Å². The lowest BCUT2D eigenvalue weighted by Crippen LogP contribution is -2.57. The molecule has 1 unspecified atom stereocenters. The Kier molecular flexibility index (Phi) is 12.5. The van der Waals surface area contributed by atoms with Gasteiger partial charge in [0, 0.05) is 37.7 Å². The lowest BCUT2D eigenvalue weighted by molar-refractivity contribution is -0.140. The predicted octanol–water partition coefficient (Wildman–Crippen LogP) is 4.55. The summed E-state index contributed by atoms with van der Waals surface area (Å²) in [6.07, 6.45) is 4.85. The van der Waals surface area contributed by atoms with Crippen LogP contribution in [0.4, 0.5) is 8.78 Å². The second kappa shape index (κ2) is 16.3.